The molecule has 1 saturated heterocycles. The Labute approximate surface area is 133 Å². The maximum atomic E-state index is 13.0. The van der Waals surface area contributed by atoms with E-state index in [1.54, 1.807) is 17.9 Å². The van der Waals surface area contributed by atoms with E-state index in [2.05, 4.69) is 5.32 Å². The molecule has 2 N–H and O–H groups in total. The predicted molar refractivity (Wildman–Crippen MR) is 79.9 cm³/mol. The first-order valence-corrected chi connectivity index (χ1v) is 7.62. The van der Waals surface area contributed by atoms with Gasteiger partial charge in [-0.25, -0.2) is 4.79 Å². The highest BCUT2D eigenvalue weighted by molar-refractivity contribution is 5.74. The maximum absolute atomic E-state index is 13.0. The predicted octanol–water partition coefficient (Wildman–Crippen LogP) is 2.66. The largest absolute Gasteiger partial charge is 0.416 e. The van der Waals surface area contributed by atoms with Crippen molar-refractivity contribution in [3.8, 4) is 0 Å². The van der Waals surface area contributed by atoms with E-state index >= 15 is 0 Å². The van der Waals surface area contributed by atoms with Crippen molar-refractivity contribution in [3.63, 3.8) is 0 Å². The first-order valence-electron chi connectivity index (χ1n) is 7.62. The molecule has 0 radical (unpaired) electrons. The second kappa shape index (κ2) is 7.21. The molecule has 0 aromatic heterocycles. The van der Waals surface area contributed by atoms with Gasteiger partial charge in [-0.2, -0.15) is 13.2 Å². The molecule has 0 aliphatic carbocycles. The van der Waals surface area contributed by atoms with Gasteiger partial charge < -0.3 is 15.3 Å². The molecule has 128 valence electrons. The zero-order valence-corrected chi connectivity index (χ0v) is 12.9. The highest BCUT2D eigenvalue weighted by Gasteiger charge is 2.33. The van der Waals surface area contributed by atoms with E-state index in [-0.39, 0.29) is 30.5 Å². The molecule has 1 aliphatic rings. The van der Waals surface area contributed by atoms with Crippen molar-refractivity contribution in [2.24, 2.45) is 5.92 Å². The van der Waals surface area contributed by atoms with E-state index in [0.717, 1.165) is 12.5 Å². The number of aliphatic hydroxyl groups is 1. The van der Waals surface area contributed by atoms with Gasteiger partial charge in [-0.1, -0.05) is 18.2 Å². The average Bonchev–Trinajstić information content (AvgIpc) is 2.95. The number of carbonyl (C=O) groups excluding carboxylic acids is 1. The standard InChI is InChI=1S/C16H21F3N2O2/c1-11(20-15(23)21-7-6-12(9-21)10-22)8-13-4-2-3-5-14(13)16(17,18)19/h2-5,11-12,22H,6-10H2,1H3,(H,20,23)/t11-,12-/m0/s1. The van der Waals surface area contributed by atoms with Crippen molar-refractivity contribution in [2.45, 2.75) is 32.0 Å². The Morgan fingerprint density at radius 2 is 2.13 bits per heavy atom. The fourth-order valence-electron chi connectivity index (χ4n) is 2.82. The van der Waals surface area contributed by atoms with E-state index in [9.17, 15) is 18.0 Å². The lowest BCUT2D eigenvalue weighted by Crippen LogP contribution is -2.43. The molecule has 7 heteroatoms. The first-order chi connectivity index (χ1) is 10.8. The van der Waals surface area contributed by atoms with Crippen LogP contribution in [0.3, 0.4) is 0 Å². The molecule has 2 amide bonds. The number of halogens is 3. The summed E-state index contributed by atoms with van der Waals surface area (Å²) in [7, 11) is 0. The Balaban J connectivity index is 1.95. The van der Waals surface area contributed by atoms with Gasteiger partial charge in [0.2, 0.25) is 0 Å². The normalized spacial score (nSPS) is 19.7. The van der Waals surface area contributed by atoms with Crippen molar-refractivity contribution in [1.82, 2.24) is 10.2 Å². The molecule has 0 saturated carbocycles. The molecule has 1 aromatic carbocycles. The van der Waals surface area contributed by atoms with Crippen LogP contribution in [0.15, 0.2) is 24.3 Å². The Hall–Kier alpha value is -1.76. The number of rotatable bonds is 4. The van der Waals surface area contributed by atoms with Crippen molar-refractivity contribution in [2.75, 3.05) is 19.7 Å². The molecule has 1 fully saturated rings. The van der Waals surface area contributed by atoms with Crippen molar-refractivity contribution >= 4 is 6.03 Å². The van der Waals surface area contributed by atoms with Crippen molar-refractivity contribution in [1.29, 1.82) is 0 Å². The van der Waals surface area contributed by atoms with Gasteiger partial charge in [0.05, 0.1) is 5.56 Å². The van der Waals surface area contributed by atoms with E-state index in [4.69, 9.17) is 5.11 Å². The summed E-state index contributed by atoms with van der Waals surface area (Å²) in [6.07, 6.45) is -3.54. The molecule has 1 heterocycles. The van der Waals surface area contributed by atoms with Crippen LogP contribution in [-0.2, 0) is 12.6 Å². The second-order valence-corrected chi connectivity index (χ2v) is 5.99. The average molecular weight is 330 g/mol. The third-order valence-corrected chi connectivity index (χ3v) is 4.05. The number of hydrogen-bond acceptors (Lipinski definition) is 2. The van der Waals surface area contributed by atoms with E-state index < -0.39 is 17.8 Å². The van der Waals surface area contributed by atoms with Crippen LogP contribution in [0.4, 0.5) is 18.0 Å². The number of urea groups is 1. The van der Waals surface area contributed by atoms with Crippen LogP contribution in [0.25, 0.3) is 0 Å². The monoisotopic (exact) mass is 330 g/mol. The van der Waals surface area contributed by atoms with Crippen LogP contribution in [-0.4, -0.2) is 41.8 Å². The zero-order valence-electron chi connectivity index (χ0n) is 12.9. The minimum Gasteiger partial charge on any atom is -0.396 e. The van der Waals surface area contributed by atoms with E-state index in [1.807, 2.05) is 0 Å². The number of amides is 2. The number of alkyl halides is 3. The number of nitrogens with one attached hydrogen (secondary N) is 1. The van der Waals surface area contributed by atoms with Crippen LogP contribution in [0, 0.1) is 5.92 Å². The van der Waals surface area contributed by atoms with Gasteiger partial charge in [-0.15, -0.1) is 0 Å². The molecule has 4 nitrogen and oxygen atoms in total. The topological polar surface area (TPSA) is 52.6 Å². The minimum absolute atomic E-state index is 0.0400. The second-order valence-electron chi connectivity index (χ2n) is 5.99. The summed E-state index contributed by atoms with van der Waals surface area (Å²) in [6.45, 7) is 2.76. The number of carbonyl (C=O) groups is 1. The number of hydrogen-bond donors (Lipinski definition) is 2. The first kappa shape index (κ1) is 17.6. The zero-order chi connectivity index (χ0) is 17.0. The summed E-state index contributed by atoms with van der Waals surface area (Å²) in [5.41, 5.74) is -0.495. The molecule has 1 aromatic rings. The SMILES string of the molecule is C[C@@H](Cc1ccccc1C(F)(F)F)NC(=O)N1CC[C@H](CO)C1. The fourth-order valence-corrected chi connectivity index (χ4v) is 2.82. The summed E-state index contributed by atoms with van der Waals surface area (Å²) < 4.78 is 38.9. The summed E-state index contributed by atoms with van der Waals surface area (Å²) in [4.78, 5) is 13.7. The molecule has 2 atom stereocenters. The molecule has 1 aliphatic heterocycles. The molecule has 2 rings (SSSR count). The Kier molecular flexibility index (Phi) is 5.51. The third-order valence-electron chi connectivity index (χ3n) is 4.05. The lowest BCUT2D eigenvalue weighted by atomic mass is 10.0. The van der Waals surface area contributed by atoms with Crippen LogP contribution in [0.1, 0.15) is 24.5 Å². The quantitative estimate of drug-likeness (QED) is 0.892. The van der Waals surface area contributed by atoms with Gasteiger partial charge in [0.1, 0.15) is 0 Å². The Morgan fingerprint density at radius 3 is 2.74 bits per heavy atom. The van der Waals surface area contributed by atoms with Gasteiger partial charge in [-0.3, -0.25) is 0 Å². The maximum Gasteiger partial charge on any atom is 0.416 e. The van der Waals surface area contributed by atoms with Gasteiger partial charge in [0.15, 0.2) is 0 Å². The summed E-state index contributed by atoms with van der Waals surface area (Å²) in [5.74, 6) is 0.0852. The van der Waals surface area contributed by atoms with Crippen molar-refractivity contribution in [3.05, 3.63) is 35.4 Å². The molecular weight excluding hydrogens is 309 g/mol. The lowest BCUT2D eigenvalue weighted by molar-refractivity contribution is -0.138. The summed E-state index contributed by atoms with van der Waals surface area (Å²) >= 11 is 0. The molecule has 0 bridgehead atoms. The fraction of sp³-hybridized carbons (Fsp3) is 0.562. The van der Waals surface area contributed by atoms with Crippen LogP contribution in [0.5, 0.6) is 0 Å². The van der Waals surface area contributed by atoms with Crippen LogP contribution >= 0.6 is 0 Å². The Morgan fingerprint density at radius 1 is 1.43 bits per heavy atom. The number of aliphatic hydroxyl groups excluding tert-OH is 1. The summed E-state index contributed by atoms with van der Waals surface area (Å²) in [6, 6.07) is 4.69. The van der Waals surface area contributed by atoms with Gasteiger partial charge in [0, 0.05) is 31.7 Å². The van der Waals surface area contributed by atoms with Crippen molar-refractivity contribution < 1.29 is 23.1 Å². The molecule has 0 spiro atoms. The molecule has 0 unspecified atom stereocenters. The highest BCUT2D eigenvalue weighted by atomic mass is 19.4. The minimum atomic E-state index is -4.40. The van der Waals surface area contributed by atoms with E-state index in [1.165, 1.54) is 12.1 Å². The van der Waals surface area contributed by atoms with Gasteiger partial charge in [0.25, 0.3) is 0 Å². The van der Waals surface area contributed by atoms with Gasteiger partial charge >= 0.3 is 12.2 Å². The molecular formula is C16H21F3N2O2. The van der Waals surface area contributed by atoms with Crippen LogP contribution in [0.2, 0.25) is 0 Å². The third kappa shape index (κ3) is 4.60. The number of nitrogens with zero attached hydrogens (tertiary/aromatic N) is 1. The summed E-state index contributed by atoms with van der Waals surface area (Å²) in [5, 5.41) is 11.8. The number of likely N-dealkylation sites (tertiary alicyclic amines) is 1. The molecule has 23 heavy (non-hydrogen) atoms. The lowest BCUT2D eigenvalue weighted by Gasteiger charge is -2.22. The van der Waals surface area contributed by atoms with Crippen LogP contribution < -0.4 is 5.32 Å². The highest BCUT2D eigenvalue weighted by Crippen LogP contribution is 2.32. The van der Waals surface area contributed by atoms with Gasteiger partial charge in [-0.05, 0) is 31.4 Å². The Bertz CT molecular complexity index is 548. The smallest absolute Gasteiger partial charge is 0.396 e. The number of benzene rings is 1. The van der Waals surface area contributed by atoms with E-state index in [0.29, 0.717) is 13.1 Å².